The maximum absolute atomic E-state index is 14.4. The van der Waals surface area contributed by atoms with E-state index in [1.807, 2.05) is 0 Å². The van der Waals surface area contributed by atoms with E-state index in [0.29, 0.717) is 42.5 Å². The highest BCUT2D eigenvalue weighted by molar-refractivity contribution is 7.81. The molecule has 2 aromatic carbocycles. The first-order chi connectivity index (χ1) is 49.0. The predicted octanol–water partition coefficient (Wildman–Crippen LogP) is -5.32. The summed E-state index contributed by atoms with van der Waals surface area (Å²) in [7, 11) is 0. The second kappa shape index (κ2) is 47.7. The Labute approximate surface area is 622 Å². The summed E-state index contributed by atoms with van der Waals surface area (Å²) < 4.78 is 0. The highest BCUT2D eigenvalue weighted by Gasteiger charge is 2.37. The van der Waals surface area contributed by atoms with Gasteiger partial charge in [-0.1, -0.05) is 24.3 Å². The SMILES string of the molecule is CC(=O)N[C@@H](CC(N)=O)C(=O)N[C@@H](CCCCN)C(=O)N[C@@H](CS)C(=O)N[C@@H](Cc1ccc(O)cc1)C(=O)N[C@@H](CS)C(=O)N[C@@H](CCCCN)C(=O)N[C@@H](CCCCN)C(=O)N[C@@H](CS)C(=O)N[C@@H](CS)C(=O)N[C@@H](Cc1ccc(O)cc1)C(=O)N[C@@H](Cc1cnc[nH]1)C(=O)N[C@@H](CS)C(=O)O. The number of aromatic hydroxyl groups is 2. The molecule has 12 atom stereocenters. The second-order valence-corrected chi connectivity index (χ2v) is 25.5. The molecule has 3 rings (SSSR count). The zero-order valence-corrected chi connectivity index (χ0v) is 61.1. The number of carboxylic acid groups (broad SMARTS) is 1. The number of phenols is 2. The zero-order chi connectivity index (χ0) is 76.7. The molecule has 0 bridgehead atoms. The average Bonchev–Trinajstić information content (AvgIpc) is 0.967. The number of rotatable bonds is 49. The third kappa shape index (κ3) is 32.3. The minimum absolute atomic E-state index is 0.0119. The van der Waals surface area contributed by atoms with Gasteiger partial charge in [0.2, 0.25) is 76.8 Å². The van der Waals surface area contributed by atoms with Crippen molar-refractivity contribution in [2.24, 2.45) is 22.9 Å². The van der Waals surface area contributed by atoms with Crippen LogP contribution in [0.2, 0.25) is 0 Å². The first-order valence-corrected chi connectivity index (χ1v) is 36.0. The van der Waals surface area contributed by atoms with Crippen molar-refractivity contribution in [2.75, 3.05) is 48.4 Å². The molecule has 0 aliphatic rings. The van der Waals surface area contributed by atoms with Crippen LogP contribution in [0, 0.1) is 0 Å². The number of thiol groups is 5. The van der Waals surface area contributed by atoms with E-state index in [1.54, 1.807) is 0 Å². The van der Waals surface area contributed by atoms with Crippen molar-refractivity contribution in [2.45, 2.75) is 163 Å². The van der Waals surface area contributed by atoms with Gasteiger partial charge in [0.05, 0.1) is 12.7 Å². The molecule has 3 aromatic rings. The number of aliphatic carboxylic acids is 1. The van der Waals surface area contributed by atoms with Crippen molar-refractivity contribution >= 4 is 146 Å². The van der Waals surface area contributed by atoms with Crippen LogP contribution in [-0.4, -0.2) is 229 Å². The summed E-state index contributed by atoms with van der Waals surface area (Å²) in [5, 5.41) is 59.8. The largest absolute Gasteiger partial charge is 0.508 e. The lowest BCUT2D eigenvalue weighted by Crippen LogP contribution is -2.61. The lowest BCUT2D eigenvalue weighted by molar-refractivity contribution is -0.141. The monoisotopic (exact) mass is 1540 g/mol. The Balaban J connectivity index is 1.88. The van der Waals surface area contributed by atoms with Crippen LogP contribution < -0.4 is 86.7 Å². The molecule has 35 nitrogen and oxygen atoms in total. The first kappa shape index (κ1) is 88.7. The Hall–Kier alpha value is -8.54. The van der Waals surface area contributed by atoms with Crippen molar-refractivity contribution in [1.82, 2.24) is 73.8 Å². The van der Waals surface area contributed by atoms with Crippen molar-refractivity contribution < 1.29 is 82.4 Å². The number of H-pyrrole nitrogens is 1. The van der Waals surface area contributed by atoms with E-state index in [2.05, 4.69) is 137 Å². The molecular weight excluding hydrogens is 1440 g/mol. The third-order valence-corrected chi connectivity index (χ3v) is 17.4. The van der Waals surface area contributed by atoms with Gasteiger partial charge in [-0.25, -0.2) is 9.78 Å². The van der Waals surface area contributed by atoms with E-state index in [4.69, 9.17) is 22.9 Å². The standard InChI is InChI=1S/C63H96N18O17S5/c1-33(82)70-45(25-51(67)85)58(92)72-41(10-4-7-21-66)54(88)77-47(28-100)60(94)75-43(23-35-13-17-38(84)18-14-35)56(90)79-46(27-99)59(93)73-39(8-2-5-19-64)52(86)71-40(9-3-6-20-65)53(87)78-49(30-102)62(96)80-48(29-101)61(95)74-42(22-34-11-15-37(83)16-12-34)55(89)76-44(24-36-26-68-32-69-36)57(91)81-50(31-103)63(97)98/h11-18,26,32,39-50,83-84,99-103H,2-10,19-25,27-31,64-66H2,1H3,(H2,67,85)(H,68,69)(H,70,82)(H,71,86)(H,72,92)(H,73,93)(H,74,95)(H,75,94)(H,76,89)(H,77,88)(H,78,87)(H,79,90)(H,80,96)(H,81,91)(H,97,98)/t39-,40-,41-,42-,43-,44-,45-,46-,47-,48-,49-,50-/m0/s1. The van der Waals surface area contributed by atoms with Crippen LogP contribution >= 0.6 is 63.1 Å². The van der Waals surface area contributed by atoms with Crippen LogP contribution in [0.5, 0.6) is 11.5 Å². The average molecular weight is 1540 g/mol. The summed E-state index contributed by atoms with van der Waals surface area (Å²) >= 11 is 21.2. The van der Waals surface area contributed by atoms with Gasteiger partial charge in [0.25, 0.3) is 0 Å². The van der Waals surface area contributed by atoms with E-state index < -0.39 is 167 Å². The summed E-state index contributed by atoms with van der Waals surface area (Å²) in [5.41, 5.74) is 23.8. The molecule has 0 unspecified atom stereocenters. The Kier molecular flexibility index (Phi) is 41.0. The van der Waals surface area contributed by atoms with Gasteiger partial charge in [-0.2, -0.15) is 63.1 Å². The summed E-state index contributed by atoms with van der Waals surface area (Å²) in [6.45, 7) is 1.69. The highest BCUT2D eigenvalue weighted by atomic mass is 32.1. The number of phenolic OH excluding ortho intramolecular Hbond substituents is 2. The number of primary amides is 1. The van der Waals surface area contributed by atoms with Gasteiger partial charge in [0.1, 0.15) is 84.0 Å². The molecule has 13 amide bonds. The molecule has 1 heterocycles. The van der Waals surface area contributed by atoms with Crippen LogP contribution in [-0.2, 0) is 86.4 Å². The minimum Gasteiger partial charge on any atom is -0.508 e. The second-order valence-electron chi connectivity index (χ2n) is 23.7. The number of carbonyl (C=O) groups is 14. The van der Waals surface area contributed by atoms with Gasteiger partial charge >= 0.3 is 5.97 Å². The number of carbonyl (C=O) groups excluding carboxylic acids is 13. The smallest absolute Gasteiger partial charge is 0.327 e. The van der Waals surface area contributed by atoms with Crippen molar-refractivity contribution in [1.29, 1.82) is 0 Å². The molecule has 0 radical (unpaired) electrons. The van der Waals surface area contributed by atoms with E-state index in [9.17, 15) is 82.4 Å². The van der Waals surface area contributed by atoms with Crippen LogP contribution in [0.25, 0.3) is 0 Å². The Morgan fingerprint density at radius 1 is 0.388 bits per heavy atom. The highest BCUT2D eigenvalue weighted by Crippen LogP contribution is 2.16. The molecule has 0 aliphatic heterocycles. The number of aromatic nitrogens is 2. The summed E-state index contributed by atoms with van der Waals surface area (Å²) in [4.78, 5) is 197. The van der Waals surface area contributed by atoms with Gasteiger partial charge in [-0.3, -0.25) is 62.3 Å². The lowest BCUT2D eigenvalue weighted by atomic mass is 10.0. The quantitative estimate of drug-likeness (QED) is 0.0185. The zero-order valence-electron chi connectivity index (χ0n) is 56.6. The molecule has 24 N–H and O–H groups in total. The van der Waals surface area contributed by atoms with E-state index in [0.717, 1.165) is 6.92 Å². The number of aromatic amines is 1. The Morgan fingerprint density at radius 3 is 0.932 bits per heavy atom. The first-order valence-electron chi connectivity index (χ1n) is 32.9. The van der Waals surface area contributed by atoms with Gasteiger partial charge in [-0.15, -0.1) is 0 Å². The molecule has 570 valence electrons. The van der Waals surface area contributed by atoms with Gasteiger partial charge in [-0.05, 0) is 113 Å². The molecule has 0 fully saturated rings. The number of amides is 13. The molecule has 0 saturated carbocycles. The number of nitrogens with one attached hydrogen (secondary N) is 13. The Bertz CT molecular complexity index is 3280. The number of nitrogens with zero attached hydrogens (tertiary/aromatic N) is 1. The molecule has 0 aliphatic carbocycles. The van der Waals surface area contributed by atoms with E-state index in [1.165, 1.54) is 61.1 Å². The number of unbranched alkanes of at least 4 members (excludes halogenated alkanes) is 3. The molecule has 40 heteroatoms. The molecule has 103 heavy (non-hydrogen) atoms. The summed E-state index contributed by atoms with van der Waals surface area (Å²) in [6, 6.07) is -6.45. The topological polar surface area (TPSA) is 577 Å². The van der Waals surface area contributed by atoms with Gasteiger partial charge < -0.3 is 107 Å². The maximum atomic E-state index is 14.4. The predicted molar refractivity (Wildman–Crippen MR) is 394 cm³/mol. The van der Waals surface area contributed by atoms with Gasteiger partial charge in [0, 0.05) is 66.8 Å². The maximum Gasteiger partial charge on any atom is 0.327 e. The third-order valence-electron chi connectivity index (χ3n) is 15.5. The molecular formula is C63H96N18O17S5. The molecule has 0 saturated heterocycles. The van der Waals surface area contributed by atoms with Crippen molar-refractivity contribution in [3.63, 3.8) is 0 Å². The number of imidazole rings is 1. The lowest BCUT2D eigenvalue weighted by Gasteiger charge is -2.28. The van der Waals surface area contributed by atoms with Crippen LogP contribution in [0.4, 0.5) is 0 Å². The number of hydrogen-bond donors (Lipinski definition) is 25. The normalized spacial score (nSPS) is 14.5. The van der Waals surface area contributed by atoms with Gasteiger partial charge in [0.15, 0.2) is 0 Å². The number of carboxylic acids is 1. The molecule has 1 aromatic heterocycles. The fraction of sp³-hybridized carbons (Fsp3) is 0.540. The van der Waals surface area contributed by atoms with Crippen molar-refractivity contribution in [3.8, 4) is 11.5 Å². The number of benzene rings is 2. The van der Waals surface area contributed by atoms with Crippen molar-refractivity contribution in [3.05, 3.63) is 77.9 Å². The Morgan fingerprint density at radius 2 is 0.660 bits per heavy atom. The number of nitrogens with two attached hydrogens (primary N) is 4. The fourth-order valence-corrected chi connectivity index (χ4v) is 11.2. The number of hydrogen-bond acceptors (Lipinski definition) is 25. The van der Waals surface area contributed by atoms with E-state index in [-0.39, 0.29) is 106 Å². The minimum atomic E-state index is -1.53. The summed E-state index contributed by atoms with van der Waals surface area (Å²) in [5.74, 6) is -15.4. The van der Waals surface area contributed by atoms with E-state index >= 15 is 0 Å². The van der Waals surface area contributed by atoms with Crippen LogP contribution in [0.15, 0.2) is 61.1 Å². The fourth-order valence-electron chi connectivity index (χ4n) is 9.88. The van der Waals surface area contributed by atoms with Crippen LogP contribution in [0.3, 0.4) is 0 Å². The molecule has 0 spiro atoms. The van der Waals surface area contributed by atoms with Crippen LogP contribution in [0.1, 0.15) is 88.0 Å². The summed E-state index contributed by atoms with van der Waals surface area (Å²) in [6.07, 6.45) is 3.21.